The molecule has 6 nitrogen and oxygen atoms in total. The summed E-state index contributed by atoms with van der Waals surface area (Å²) >= 11 is 0. The molecule has 1 unspecified atom stereocenters. The van der Waals surface area contributed by atoms with Gasteiger partial charge >= 0.3 is 0 Å². The van der Waals surface area contributed by atoms with Gasteiger partial charge in [-0.25, -0.2) is 4.39 Å². The van der Waals surface area contributed by atoms with Gasteiger partial charge in [-0.05, 0) is 37.6 Å². The van der Waals surface area contributed by atoms with E-state index in [1.165, 1.54) is 29.2 Å². The molecule has 3 rings (SSSR count). The van der Waals surface area contributed by atoms with E-state index in [9.17, 15) is 9.18 Å². The fourth-order valence-corrected chi connectivity index (χ4v) is 2.65. The Balaban J connectivity index is 1.64. The quantitative estimate of drug-likeness (QED) is 0.617. The van der Waals surface area contributed by atoms with Crippen LogP contribution in [0.4, 0.5) is 4.39 Å². The van der Waals surface area contributed by atoms with Gasteiger partial charge in [0, 0.05) is 12.6 Å². The molecule has 0 aliphatic carbocycles. The van der Waals surface area contributed by atoms with E-state index in [2.05, 4.69) is 10.1 Å². The molecule has 7 heteroatoms. The number of rotatable bonds is 7. The van der Waals surface area contributed by atoms with Crippen LogP contribution in [-0.2, 0) is 11.3 Å². The minimum absolute atomic E-state index is 0.168. The predicted molar refractivity (Wildman–Crippen MR) is 102 cm³/mol. The Morgan fingerprint density at radius 1 is 1.18 bits per heavy atom. The Bertz CT molecular complexity index is 923. The molecule has 1 amide bonds. The molecule has 0 aliphatic rings. The van der Waals surface area contributed by atoms with E-state index in [-0.39, 0.29) is 18.3 Å². The van der Waals surface area contributed by atoms with Crippen molar-refractivity contribution in [3.8, 4) is 17.1 Å². The van der Waals surface area contributed by atoms with Crippen molar-refractivity contribution in [1.29, 1.82) is 0 Å². The van der Waals surface area contributed by atoms with Gasteiger partial charge in [0.25, 0.3) is 5.91 Å². The Labute approximate surface area is 162 Å². The highest BCUT2D eigenvalue weighted by Crippen LogP contribution is 2.18. The molecule has 2 aromatic carbocycles. The zero-order valence-electron chi connectivity index (χ0n) is 16.1. The first-order valence-corrected chi connectivity index (χ1v) is 9.03. The lowest BCUT2D eigenvalue weighted by atomic mass is 10.1. The number of carbonyl (C=O) groups is 1. The van der Waals surface area contributed by atoms with Gasteiger partial charge in [-0.15, -0.1) is 0 Å². The topological polar surface area (TPSA) is 68.5 Å². The summed E-state index contributed by atoms with van der Waals surface area (Å²) in [5.41, 5.74) is 1.99. The number of nitrogens with zero attached hydrogens (tertiary/aromatic N) is 3. The van der Waals surface area contributed by atoms with Crippen molar-refractivity contribution in [3.63, 3.8) is 0 Å². The maximum atomic E-state index is 13.0. The predicted octanol–water partition coefficient (Wildman–Crippen LogP) is 4.00. The van der Waals surface area contributed by atoms with Crippen molar-refractivity contribution in [3.05, 3.63) is 65.8 Å². The summed E-state index contributed by atoms with van der Waals surface area (Å²) in [6.45, 7) is 4.02. The van der Waals surface area contributed by atoms with Crippen LogP contribution in [0.25, 0.3) is 11.4 Å². The molecule has 0 spiro atoms. The highest BCUT2D eigenvalue weighted by atomic mass is 19.1. The summed E-state index contributed by atoms with van der Waals surface area (Å²) in [4.78, 5) is 18.5. The second-order valence-corrected chi connectivity index (χ2v) is 6.54. The lowest BCUT2D eigenvalue weighted by molar-refractivity contribution is -0.138. The monoisotopic (exact) mass is 383 g/mol. The molecule has 0 saturated heterocycles. The number of hydrogen-bond donors (Lipinski definition) is 0. The SMILES string of the molecule is CCC(Oc1ccc(F)cc1)C(=O)N(C)Cc1nc(-c2ccc(C)cc2)no1. The highest BCUT2D eigenvalue weighted by Gasteiger charge is 2.24. The maximum Gasteiger partial charge on any atom is 0.263 e. The van der Waals surface area contributed by atoms with Gasteiger partial charge in [0.05, 0.1) is 6.54 Å². The molecule has 1 heterocycles. The molecule has 0 radical (unpaired) electrons. The Hall–Kier alpha value is -3.22. The smallest absolute Gasteiger partial charge is 0.263 e. The van der Waals surface area contributed by atoms with Crippen molar-refractivity contribution < 1.29 is 18.4 Å². The number of aryl methyl sites for hydroxylation is 1. The van der Waals surface area contributed by atoms with E-state index in [0.717, 1.165) is 11.1 Å². The second kappa shape index (κ2) is 8.65. The first-order chi connectivity index (χ1) is 13.5. The molecule has 0 saturated carbocycles. The average Bonchev–Trinajstić information content (AvgIpc) is 3.16. The van der Waals surface area contributed by atoms with Gasteiger partial charge in [0.2, 0.25) is 11.7 Å². The van der Waals surface area contributed by atoms with Crippen LogP contribution in [0.1, 0.15) is 24.8 Å². The van der Waals surface area contributed by atoms with Crippen molar-refractivity contribution in [2.75, 3.05) is 7.05 Å². The summed E-state index contributed by atoms with van der Waals surface area (Å²) in [6, 6.07) is 13.4. The van der Waals surface area contributed by atoms with Gasteiger partial charge in [-0.2, -0.15) is 4.98 Å². The molecular weight excluding hydrogens is 361 g/mol. The number of halogens is 1. The molecule has 146 valence electrons. The van der Waals surface area contributed by atoms with Gasteiger partial charge in [0.15, 0.2) is 6.10 Å². The van der Waals surface area contributed by atoms with Crippen LogP contribution < -0.4 is 4.74 Å². The molecule has 1 atom stereocenters. The van der Waals surface area contributed by atoms with Crippen molar-refractivity contribution in [2.45, 2.75) is 32.9 Å². The number of likely N-dealkylation sites (N-methyl/N-ethyl adjacent to an activating group) is 1. The summed E-state index contributed by atoms with van der Waals surface area (Å²) in [6.07, 6.45) is -0.214. The molecule has 0 aliphatic heterocycles. The fraction of sp³-hybridized carbons (Fsp3) is 0.286. The molecule has 1 aromatic heterocycles. The highest BCUT2D eigenvalue weighted by molar-refractivity contribution is 5.80. The van der Waals surface area contributed by atoms with Crippen LogP contribution in [0.15, 0.2) is 53.1 Å². The normalized spacial score (nSPS) is 11.9. The maximum absolute atomic E-state index is 13.0. The summed E-state index contributed by atoms with van der Waals surface area (Å²) in [7, 11) is 1.65. The van der Waals surface area contributed by atoms with E-state index in [4.69, 9.17) is 9.26 Å². The van der Waals surface area contributed by atoms with Gasteiger partial charge in [0.1, 0.15) is 11.6 Å². The van der Waals surface area contributed by atoms with Crippen molar-refractivity contribution in [2.24, 2.45) is 0 Å². The van der Waals surface area contributed by atoms with Crippen LogP contribution in [0.2, 0.25) is 0 Å². The number of carbonyl (C=O) groups excluding carboxylic acids is 1. The number of hydrogen-bond acceptors (Lipinski definition) is 5. The fourth-order valence-electron chi connectivity index (χ4n) is 2.65. The van der Waals surface area contributed by atoms with Crippen LogP contribution in [0.5, 0.6) is 5.75 Å². The molecule has 3 aromatic rings. The molecule has 0 N–H and O–H groups in total. The average molecular weight is 383 g/mol. The van der Waals surface area contributed by atoms with E-state index in [0.29, 0.717) is 23.9 Å². The third-order valence-electron chi connectivity index (χ3n) is 4.26. The first-order valence-electron chi connectivity index (χ1n) is 9.03. The molecule has 28 heavy (non-hydrogen) atoms. The van der Waals surface area contributed by atoms with Crippen LogP contribution in [-0.4, -0.2) is 34.1 Å². The van der Waals surface area contributed by atoms with E-state index in [1.54, 1.807) is 7.05 Å². The molecular formula is C21H22FN3O3. The van der Waals surface area contributed by atoms with E-state index < -0.39 is 6.10 Å². The van der Waals surface area contributed by atoms with Gasteiger partial charge < -0.3 is 14.2 Å². The Morgan fingerprint density at radius 3 is 2.50 bits per heavy atom. The molecule has 0 fully saturated rings. The second-order valence-electron chi connectivity index (χ2n) is 6.54. The summed E-state index contributed by atoms with van der Waals surface area (Å²) in [5.74, 6) is 0.675. The zero-order chi connectivity index (χ0) is 20.1. The standard InChI is InChI=1S/C21H22FN3O3/c1-4-18(27-17-11-9-16(22)10-12-17)21(26)25(3)13-19-23-20(24-28-19)15-7-5-14(2)6-8-15/h5-12,18H,4,13H2,1-3H3. The number of amides is 1. The zero-order valence-corrected chi connectivity index (χ0v) is 16.1. The van der Waals surface area contributed by atoms with Gasteiger partial charge in [-0.1, -0.05) is 41.9 Å². The van der Waals surface area contributed by atoms with Crippen molar-refractivity contribution in [1.82, 2.24) is 15.0 Å². The Kier molecular flexibility index (Phi) is 6.03. The van der Waals surface area contributed by atoms with E-state index >= 15 is 0 Å². The lowest BCUT2D eigenvalue weighted by Gasteiger charge is -2.22. The first kappa shape index (κ1) is 19.5. The van der Waals surface area contributed by atoms with Crippen LogP contribution in [0.3, 0.4) is 0 Å². The number of aromatic nitrogens is 2. The number of ether oxygens (including phenoxy) is 1. The third-order valence-corrected chi connectivity index (χ3v) is 4.26. The minimum atomic E-state index is -0.685. The molecule has 0 bridgehead atoms. The van der Waals surface area contributed by atoms with Crippen LogP contribution >= 0.6 is 0 Å². The third kappa shape index (κ3) is 4.73. The lowest BCUT2D eigenvalue weighted by Crippen LogP contribution is -2.39. The largest absolute Gasteiger partial charge is 0.481 e. The van der Waals surface area contributed by atoms with Gasteiger partial charge in [-0.3, -0.25) is 4.79 Å². The number of benzene rings is 2. The van der Waals surface area contributed by atoms with E-state index in [1.807, 2.05) is 38.1 Å². The van der Waals surface area contributed by atoms with Crippen LogP contribution in [0, 0.1) is 12.7 Å². The minimum Gasteiger partial charge on any atom is -0.481 e. The van der Waals surface area contributed by atoms with Crippen molar-refractivity contribution >= 4 is 5.91 Å². The Morgan fingerprint density at radius 2 is 1.86 bits per heavy atom. The summed E-state index contributed by atoms with van der Waals surface area (Å²) in [5, 5.41) is 3.98. The summed E-state index contributed by atoms with van der Waals surface area (Å²) < 4.78 is 24.0.